The Bertz CT molecular complexity index is 1130. The fourth-order valence-corrected chi connectivity index (χ4v) is 3.45. The van der Waals surface area contributed by atoms with Crippen LogP contribution in [0.1, 0.15) is 5.56 Å². The van der Waals surface area contributed by atoms with Crippen LogP contribution in [-0.4, -0.2) is 21.4 Å². The van der Waals surface area contributed by atoms with Gasteiger partial charge in [0, 0.05) is 11.8 Å². The van der Waals surface area contributed by atoms with Crippen molar-refractivity contribution in [1.29, 1.82) is 0 Å². The van der Waals surface area contributed by atoms with Gasteiger partial charge in [-0.1, -0.05) is 42.5 Å². The summed E-state index contributed by atoms with van der Waals surface area (Å²) in [5, 5.41) is 9.92. The van der Waals surface area contributed by atoms with Gasteiger partial charge in [0.25, 0.3) is 0 Å². The van der Waals surface area contributed by atoms with Gasteiger partial charge in [0.15, 0.2) is 0 Å². The molecule has 138 valence electrons. The maximum atomic E-state index is 12.2. The Hall–Kier alpha value is -3.16. The van der Waals surface area contributed by atoms with E-state index in [1.807, 2.05) is 42.5 Å². The molecule has 0 atom stereocenters. The van der Waals surface area contributed by atoms with Gasteiger partial charge in [0.2, 0.25) is 15.9 Å². The molecule has 0 aromatic heterocycles. The Morgan fingerprint density at radius 1 is 1.07 bits per heavy atom. The van der Waals surface area contributed by atoms with Gasteiger partial charge in [-0.3, -0.25) is 4.79 Å². The number of hydrogen-bond donors (Lipinski definition) is 2. The molecule has 0 fully saturated rings. The van der Waals surface area contributed by atoms with Crippen LogP contribution >= 0.6 is 0 Å². The zero-order valence-corrected chi connectivity index (χ0v) is 15.4. The molecular weight excluding hydrogens is 364 g/mol. The number of ether oxygens (including phenoxy) is 1. The second-order valence-electron chi connectivity index (χ2n) is 5.80. The van der Waals surface area contributed by atoms with Crippen molar-refractivity contribution in [2.24, 2.45) is 5.14 Å². The number of hydrogen-bond acceptors (Lipinski definition) is 4. The molecule has 0 aliphatic carbocycles. The summed E-state index contributed by atoms with van der Waals surface area (Å²) in [4.78, 5) is 12.0. The summed E-state index contributed by atoms with van der Waals surface area (Å²) in [5.74, 6) is -0.282. The fourth-order valence-electron chi connectivity index (χ4n) is 2.72. The van der Waals surface area contributed by atoms with E-state index >= 15 is 0 Å². The summed E-state index contributed by atoms with van der Waals surface area (Å²) in [6.07, 6.45) is 3.10. The number of amides is 1. The molecule has 1 amide bonds. The van der Waals surface area contributed by atoms with Crippen molar-refractivity contribution in [2.75, 3.05) is 12.4 Å². The first-order valence-electron chi connectivity index (χ1n) is 8.06. The van der Waals surface area contributed by atoms with Crippen LogP contribution in [0.15, 0.2) is 71.6 Å². The zero-order valence-electron chi connectivity index (χ0n) is 14.5. The van der Waals surface area contributed by atoms with Gasteiger partial charge in [0.05, 0.1) is 7.11 Å². The Morgan fingerprint density at radius 2 is 1.81 bits per heavy atom. The molecule has 0 aliphatic heterocycles. The topological polar surface area (TPSA) is 98.5 Å². The van der Waals surface area contributed by atoms with E-state index in [9.17, 15) is 13.2 Å². The first-order valence-corrected chi connectivity index (χ1v) is 9.61. The van der Waals surface area contributed by atoms with Crippen LogP contribution < -0.4 is 15.2 Å². The number of carbonyl (C=O) groups excluding carboxylic acids is 1. The van der Waals surface area contributed by atoms with Crippen molar-refractivity contribution >= 4 is 38.5 Å². The number of nitrogens with one attached hydrogen (secondary N) is 1. The minimum atomic E-state index is -3.98. The number of benzene rings is 3. The van der Waals surface area contributed by atoms with Crippen molar-refractivity contribution in [3.05, 3.63) is 72.3 Å². The second kappa shape index (κ2) is 7.61. The van der Waals surface area contributed by atoms with Crippen LogP contribution in [0.4, 0.5) is 5.69 Å². The first kappa shape index (κ1) is 18.6. The lowest BCUT2D eigenvalue weighted by Gasteiger charge is -2.09. The van der Waals surface area contributed by atoms with Gasteiger partial charge in [-0.05, 0) is 40.6 Å². The van der Waals surface area contributed by atoms with E-state index in [0.29, 0.717) is 5.69 Å². The molecular formula is C20H18N2O4S. The van der Waals surface area contributed by atoms with Gasteiger partial charge in [-0.25, -0.2) is 13.6 Å². The van der Waals surface area contributed by atoms with E-state index in [0.717, 1.165) is 16.3 Å². The molecule has 0 spiro atoms. The molecule has 3 aromatic rings. The normalized spacial score (nSPS) is 11.6. The van der Waals surface area contributed by atoms with Crippen LogP contribution in [0, 0.1) is 0 Å². The standard InChI is InChI=1S/C20H18N2O4S/c1-26-18-11-10-16(13-19(18)27(21,24)25)22-20(23)12-9-15-7-4-6-14-5-2-3-8-17(14)15/h2-13H,1H3,(H,22,23)(H2,21,24,25)/b12-9+. The summed E-state index contributed by atoms with van der Waals surface area (Å²) in [7, 11) is -2.64. The molecule has 0 unspecified atom stereocenters. The third-order valence-corrected chi connectivity index (χ3v) is 4.91. The Labute approximate surface area is 157 Å². The molecule has 0 heterocycles. The van der Waals surface area contributed by atoms with E-state index in [-0.39, 0.29) is 10.6 Å². The van der Waals surface area contributed by atoms with E-state index in [1.54, 1.807) is 6.08 Å². The number of primary sulfonamides is 1. The first-order chi connectivity index (χ1) is 12.9. The Kier molecular flexibility index (Phi) is 5.25. The second-order valence-corrected chi connectivity index (χ2v) is 7.33. The van der Waals surface area contributed by atoms with Gasteiger partial charge >= 0.3 is 0 Å². The zero-order chi connectivity index (χ0) is 19.4. The Morgan fingerprint density at radius 3 is 2.56 bits per heavy atom. The highest BCUT2D eigenvalue weighted by Gasteiger charge is 2.16. The van der Waals surface area contributed by atoms with Crippen molar-refractivity contribution in [3.8, 4) is 5.75 Å². The lowest BCUT2D eigenvalue weighted by molar-refractivity contribution is -0.111. The molecule has 27 heavy (non-hydrogen) atoms. The highest BCUT2D eigenvalue weighted by Crippen LogP contribution is 2.26. The predicted molar refractivity (Wildman–Crippen MR) is 106 cm³/mol. The molecule has 0 saturated carbocycles. The Balaban J connectivity index is 1.83. The molecule has 3 rings (SSSR count). The highest BCUT2D eigenvalue weighted by molar-refractivity contribution is 7.89. The number of fused-ring (bicyclic) bond motifs is 1. The molecule has 3 N–H and O–H groups in total. The van der Waals surface area contributed by atoms with Crippen molar-refractivity contribution in [2.45, 2.75) is 4.90 Å². The van der Waals surface area contributed by atoms with Gasteiger partial charge in [0.1, 0.15) is 10.6 Å². The number of methoxy groups -OCH3 is 1. The van der Waals surface area contributed by atoms with Crippen molar-refractivity contribution in [3.63, 3.8) is 0 Å². The predicted octanol–water partition coefficient (Wildman–Crippen LogP) is 3.15. The van der Waals surface area contributed by atoms with Gasteiger partial charge in [-0.2, -0.15) is 0 Å². The van der Waals surface area contributed by atoms with Crippen molar-refractivity contribution < 1.29 is 17.9 Å². The van der Waals surface area contributed by atoms with Crippen LogP contribution in [0.3, 0.4) is 0 Å². The smallest absolute Gasteiger partial charge is 0.248 e. The summed E-state index contributed by atoms with van der Waals surface area (Å²) >= 11 is 0. The summed E-state index contributed by atoms with van der Waals surface area (Å²) in [5.41, 5.74) is 1.20. The van der Waals surface area contributed by atoms with Crippen LogP contribution in [0.2, 0.25) is 0 Å². The third-order valence-electron chi connectivity index (χ3n) is 3.98. The van der Waals surface area contributed by atoms with E-state index in [1.165, 1.54) is 31.4 Å². The fraction of sp³-hybridized carbons (Fsp3) is 0.0500. The molecule has 0 bridgehead atoms. The molecule has 3 aromatic carbocycles. The summed E-state index contributed by atoms with van der Waals surface area (Å²) < 4.78 is 28.3. The summed E-state index contributed by atoms with van der Waals surface area (Å²) in [6.45, 7) is 0. The largest absolute Gasteiger partial charge is 0.495 e. The third kappa shape index (κ3) is 4.33. The van der Waals surface area contributed by atoms with Crippen molar-refractivity contribution in [1.82, 2.24) is 0 Å². The maximum absolute atomic E-state index is 12.2. The van der Waals surface area contributed by atoms with Gasteiger partial charge < -0.3 is 10.1 Å². The van der Waals surface area contributed by atoms with Gasteiger partial charge in [-0.15, -0.1) is 0 Å². The average Bonchev–Trinajstić information content (AvgIpc) is 2.65. The number of sulfonamides is 1. The van der Waals surface area contributed by atoms with Crippen LogP contribution in [0.5, 0.6) is 5.75 Å². The SMILES string of the molecule is COc1ccc(NC(=O)/C=C/c2cccc3ccccc23)cc1S(N)(=O)=O. The average molecular weight is 382 g/mol. The lowest BCUT2D eigenvalue weighted by Crippen LogP contribution is -2.15. The lowest BCUT2D eigenvalue weighted by atomic mass is 10.0. The number of nitrogens with two attached hydrogens (primary N) is 1. The molecule has 0 aliphatic rings. The maximum Gasteiger partial charge on any atom is 0.248 e. The van der Waals surface area contributed by atoms with E-state index in [4.69, 9.17) is 9.88 Å². The molecule has 0 saturated heterocycles. The van der Waals surface area contributed by atoms with E-state index in [2.05, 4.69) is 5.32 Å². The molecule has 0 radical (unpaired) electrons. The summed E-state index contributed by atoms with van der Waals surface area (Å²) in [6, 6.07) is 17.9. The number of rotatable bonds is 5. The number of carbonyl (C=O) groups is 1. The highest BCUT2D eigenvalue weighted by atomic mass is 32.2. The monoisotopic (exact) mass is 382 g/mol. The van der Waals surface area contributed by atoms with Crippen LogP contribution in [-0.2, 0) is 14.8 Å². The minimum absolute atomic E-state index is 0.113. The quantitative estimate of drug-likeness (QED) is 0.662. The van der Waals surface area contributed by atoms with Crippen LogP contribution in [0.25, 0.3) is 16.8 Å². The van der Waals surface area contributed by atoms with E-state index < -0.39 is 15.9 Å². The molecule has 6 nitrogen and oxygen atoms in total. The molecule has 7 heteroatoms. The minimum Gasteiger partial charge on any atom is -0.495 e. The number of anilines is 1.